The minimum Gasteiger partial charge on any atom is -0.334 e. The minimum atomic E-state index is -0.416. The van der Waals surface area contributed by atoms with Crippen molar-refractivity contribution in [3.05, 3.63) is 62.6 Å². The molecule has 0 spiro atoms. The molecule has 110 valence electrons. The van der Waals surface area contributed by atoms with Gasteiger partial charge in [0.2, 0.25) is 5.82 Å². The van der Waals surface area contributed by atoms with Crippen LogP contribution in [0.5, 0.6) is 0 Å². The molecule has 0 aliphatic carbocycles. The second-order valence-electron chi connectivity index (χ2n) is 4.69. The number of rotatable bonds is 3. The van der Waals surface area contributed by atoms with E-state index in [-0.39, 0.29) is 5.69 Å². The molecule has 0 atom stereocenters. The standard InChI is InChI=1S/C15H10BrN3O3/c1-9-8-11(4-7-13(9)19(20)21)15-17-14(18-22-15)10-2-5-12(16)6-3-10/h2-8H,1H3. The summed E-state index contributed by atoms with van der Waals surface area (Å²) in [6.07, 6.45) is 0. The van der Waals surface area contributed by atoms with Crippen molar-refractivity contribution >= 4 is 21.6 Å². The van der Waals surface area contributed by atoms with Gasteiger partial charge in [0, 0.05) is 27.2 Å². The van der Waals surface area contributed by atoms with Crippen LogP contribution >= 0.6 is 15.9 Å². The van der Waals surface area contributed by atoms with Gasteiger partial charge in [-0.15, -0.1) is 0 Å². The molecule has 0 unspecified atom stereocenters. The van der Waals surface area contributed by atoms with E-state index in [1.807, 2.05) is 24.3 Å². The van der Waals surface area contributed by atoms with E-state index in [2.05, 4.69) is 26.1 Å². The molecule has 2 aromatic carbocycles. The highest BCUT2D eigenvalue weighted by molar-refractivity contribution is 9.10. The van der Waals surface area contributed by atoms with Crippen molar-refractivity contribution in [2.45, 2.75) is 6.92 Å². The second-order valence-corrected chi connectivity index (χ2v) is 5.60. The van der Waals surface area contributed by atoms with Gasteiger partial charge in [0.25, 0.3) is 11.6 Å². The van der Waals surface area contributed by atoms with Crippen LogP contribution < -0.4 is 0 Å². The first-order valence-electron chi connectivity index (χ1n) is 6.39. The van der Waals surface area contributed by atoms with Crippen LogP contribution in [0.3, 0.4) is 0 Å². The average Bonchev–Trinajstić information content (AvgIpc) is 2.97. The number of aryl methyl sites for hydroxylation is 1. The van der Waals surface area contributed by atoms with Gasteiger partial charge in [0.05, 0.1) is 4.92 Å². The van der Waals surface area contributed by atoms with Crippen LogP contribution in [0.15, 0.2) is 51.5 Å². The number of benzene rings is 2. The maximum Gasteiger partial charge on any atom is 0.272 e. The van der Waals surface area contributed by atoms with E-state index in [9.17, 15) is 10.1 Å². The number of aromatic nitrogens is 2. The molecular formula is C15H10BrN3O3. The molecule has 0 aliphatic rings. The van der Waals surface area contributed by atoms with E-state index in [1.165, 1.54) is 6.07 Å². The zero-order chi connectivity index (χ0) is 15.7. The van der Waals surface area contributed by atoms with Crippen molar-refractivity contribution < 1.29 is 9.45 Å². The van der Waals surface area contributed by atoms with Gasteiger partial charge in [-0.2, -0.15) is 4.98 Å². The Morgan fingerprint density at radius 1 is 1.14 bits per heavy atom. The topological polar surface area (TPSA) is 82.1 Å². The Labute approximate surface area is 134 Å². The number of hydrogen-bond acceptors (Lipinski definition) is 5. The Balaban J connectivity index is 1.95. The summed E-state index contributed by atoms with van der Waals surface area (Å²) in [5.74, 6) is 0.800. The Kier molecular flexibility index (Phi) is 3.72. The lowest BCUT2D eigenvalue weighted by Gasteiger charge is -1.98. The van der Waals surface area contributed by atoms with E-state index < -0.39 is 4.92 Å². The van der Waals surface area contributed by atoms with Crippen LogP contribution in [0.4, 0.5) is 5.69 Å². The third-order valence-corrected chi connectivity index (χ3v) is 3.70. The van der Waals surface area contributed by atoms with E-state index in [1.54, 1.807) is 19.1 Å². The van der Waals surface area contributed by atoms with Crippen molar-refractivity contribution in [2.75, 3.05) is 0 Å². The molecule has 1 aromatic heterocycles. The van der Waals surface area contributed by atoms with E-state index in [4.69, 9.17) is 4.52 Å². The SMILES string of the molecule is Cc1cc(-c2nc(-c3ccc(Br)cc3)no2)ccc1[N+](=O)[O-]. The summed E-state index contributed by atoms with van der Waals surface area (Å²) in [4.78, 5) is 14.8. The van der Waals surface area contributed by atoms with Crippen LogP contribution in [0.2, 0.25) is 0 Å². The number of halogens is 1. The largest absolute Gasteiger partial charge is 0.334 e. The summed E-state index contributed by atoms with van der Waals surface area (Å²) >= 11 is 3.37. The summed E-state index contributed by atoms with van der Waals surface area (Å²) in [7, 11) is 0. The molecule has 1 heterocycles. The quantitative estimate of drug-likeness (QED) is 0.511. The minimum absolute atomic E-state index is 0.0661. The molecule has 0 radical (unpaired) electrons. The van der Waals surface area contributed by atoms with Crippen molar-refractivity contribution in [1.82, 2.24) is 10.1 Å². The summed E-state index contributed by atoms with van der Waals surface area (Å²) in [6.45, 7) is 1.67. The molecule has 7 heteroatoms. The lowest BCUT2D eigenvalue weighted by atomic mass is 10.1. The number of nitrogens with zero attached hydrogens (tertiary/aromatic N) is 3. The van der Waals surface area contributed by atoms with Crippen LogP contribution in [-0.2, 0) is 0 Å². The highest BCUT2D eigenvalue weighted by atomic mass is 79.9. The first-order chi connectivity index (χ1) is 10.5. The second kappa shape index (κ2) is 5.69. The maximum absolute atomic E-state index is 10.8. The van der Waals surface area contributed by atoms with Gasteiger partial charge in [-0.05, 0) is 43.3 Å². The molecule has 0 aliphatic heterocycles. The fourth-order valence-electron chi connectivity index (χ4n) is 2.05. The highest BCUT2D eigenvalue weighted by Gasteiger charge is 2.15. The van der Waals surface area contributed by atoms with E-state index in [0.717, 1.165) is 10.0 Å². The normalized spacial score (nSPS) is 10.6. The smallest absolute Gasteiger partial charge is 0.272 e. The van der Waals surface area contributed by atoms with Gasteiger partial charge in [-0.1, -0.05) is 21.1 Å². The summed E-state index contributed by atoms with van der Waals surface area (Å²) in [5, 5.41) is 14.8. The predicted octanol–water partition coefficient (Wildman–Crippen LogP) is 4.38. The first-order valence-corrected chi connectivity index (χ1v) is 7.19. The zero-order valence-corrected chi connectivity index (χ0v) is 13.1. The maximum atomic E-state index is 10.8. The molecule has 0 bridgehead atoms. The van der Waals surface area contributed by atoms with Crippen molar-refractivity contribution in [3.8, 4) is 22.8 Å². The van der Waals surface area contributed by atoms with Gasteiger partial charge in [-0.3, -0.25) is 10.1 Å². The van der Waals surface area contributed by atoms with Gasteiger partial charge in [-0.25, -0.2) is 0 Å². The summed E-state index contributed by atoms with van der Waals surface area (Å²) in [5.41, 5.74) is 2.10. The molecule has 0 amide bonds. The van der Waals surface area contributed by atoms with Gasteiger partial charge in [0.15, 0.2) is 0 Å². The van der Waals surface area contributed by atoms with E-state index in [0.29, 0.717) is 22.8 Å². The molecular weight excluding hydrogens is 350 g/mol. The first kappa shape index (κ1) is 14.4. The van der Waals surface area contributed by atoms with E-state index >= 15 is 0 Å². The van der Waals surface area contributed by atoms with Crippen molar-refractivity contribution in [3.63, 3.8) is 0 Å². The molecule has 3 aromatic rings. The van der Waals surface area contributed by atoms with Crippen LogP contribution in [0.1, 0.15) is 5.56 Å². The van der Waals surface area contributed by atoms with Crippen LogP contribution in [0, 0.1) is 17.0 Å². The Morgan fingerprint density at radius 3 is 2.45 bits per heavy atom. The molecule has 0 fully saturated rings. The monoisotopic (exact) mass is 359 g/mol. The third kappa shape index (κ3) is 2.75. The fraction of sp³-hybridized carbons (Fsp3) is 0.0667. The zero-order valence-electron chi connectivity index (χ0n) is 11.5. The van der Waals surface area contributed by atoms with Crippen molar-refractivity contribution in [2.24, 2.45) is 0 Å². The Hall–Kier alpha value is -2.54. The number of nitro benzene ring substituents is 1. The Morgan fingerprint density at radius 2 is 1.82 bits per heavy atom. The molecule has 22 heavy (non-hydrogen) atoms. The lowest BCUT2D eigenvalue weighted by Crippen LogP contribution is -1.91. The van der Waals surface area contributed by atoms with Gasteiger partial charge < -0.3 is 4.52 Å². The molecule has 6 nitrogen and oxygen atoms in total. The molecule has 0 saturated carbocycles. The van der Waals surface area contributed by atoms with Crippen LogP contribution in [0.25, 0.3) is 22.8 Å². The average molecular weight is 360 g/mol. The number of hydrogen-bond donors (Lipinski definition) is 0. The highest BCUT2D eigenvalue weighted by Crippen LogP contribution is 2.27. The third-order valence-electron chi connectivity index (χ3n) is 3.17. The van der Waals surface area contributed by atoms with Crippen molar-refractivity contribution in [1.29, 1.82) is 0 Å². The Bertz CT molecular complexity index is 843. The predicted molar refractivity (Wildman–Crippen MR) is 84.3 cm³/mol. The van der Waals surface area contributed by atoms with Gasteiger partial charge in [0.1, 0.15) is 0 Å². The number of nitro groups is 1. The summed E-state index contributed by atoms with van der Waals surface area (Å²) < 4.78 is 6.21. The van der Waals surface area contributed by atoms with Gasteiger partial charge >= 0.3 is 0 Å². The fourth-order valence-corrected chi connectivity index (χ4v) is 2.31. The molecule has 3 rings (SSSR count). The van der Waals surface area contributed by atoms with Crippen LogP contribution in [-0.4, -0.2) is 15.1 Å². The summed E-state index contributed by atoms with van der Waals surface area (Å²) in [6, 6.07) is 12.2. The molecule has 0 saturated heterocycles. The lowest BCUT2D eigenvalue weighted by molar-refractivity contribution is -0.385. The molecule has 0 N–H and O–H groups in total.